The maximum Gasteiger partial charge on any atom is 0.338 e. The summed E-state index contributed by atoms with van der Waals surface area (Å²) in [6, 6.07) is 1.23. The number of carboxylic acids is 1. The number of hydrogen-bond donors (Lipinski definition) is 2. The van der Waals surface area contributed by atoms with E-state index in [1.807, 2.05) is 11.8 Å². The quantitative estimate of drug-likeness (QED) is 0.717. The number of hydrogen-bond acceptors (Lipinski definition) is 4. The molecule has 0 bridgehead atoms. The Morgan fingerprint density at radius 1 is 1.47 bits per heavy atom. The predicted molar refractivity (Wildman–Crippen MR) is 74.8 cm³/mol. The molecule has 0 unspecified atom stereocenters. The lowest BCUT2D eigenvalue weighted by molar-refractivity contribution is 0.0696. The minimum absolute atomic E-state index is 0.0161. The Hall–Kier alpha value is -1.43. The van der Waals surface area contributed by atoms with Gasteiger partial charge in [0, 0.05) is 12.6 Å². The van der Waals surface area contributed by atoms with Crippen LogP contribution in [0.1, 0.15) is 41.2 Å². The first-order valence-corrected chi connectivity index (χ1v) is 7.34. The Morgan fingerprint density at radius 3 is 2.79 bits per heavy atom. The summed E-state index contributed by atoms with van der Waals surface area (Å²) < 4.78 is 4.90. The molecule has 19 heavy (non-hydrogen) atoms. The lowest BCUT2D eigenvalue weighted by Crippen LogP contribution is -2.24. The number of aromatic carboxylic acids is 1. The molecule has 0 fully saturated rings. The standard InChI is InChI=1S/C13H19NO4S/c1-9(2)8-19-5-3-4-14-12(15)11-6-10(7-18-11)13(16)17/h6-7,9H,3-5,8H2,1-2H3,(H,14,15)(H,16,17). The van der Waals surface area contributed by atoms with Crippen molar-refractivity contribution in [1.29, 1.82) is 0 Å². The van der Waals surface area contributed by atoms with Gasteiger partial charge < -0.3 is 14.8 Å². The second-order valence-electron chi connectivity index (χ2n) is 4.58. The van der Waals surface area contributed by atoms with E-state index in [9.17, 15) is 9.59 Å². The molecule has 106 valence electrons. The number of carbonyl (C=O) groups excluding carboxylic acids is 1. The van der Waals surface area contributed by atoms with Gasteiger partial charge in [-0.05, 0) is 23.8 Å². The van der Waals surface area contributed by atoms with Crippen molar-refractivity contribution < 1.29 is 19.1 Å². The number of rotatable bonds is 8. The second kappa shape index (κ2) is 7.89. The molecule has 2 N–H and O–H groups in total. The largest absolute Gasteiger partial charge is 0.478 e. The summed E-state index contributed by atoms with van der Waals surface area (Å²) in [6.45, 7) is 4.91. The van der Waals surface area contributed by atoms with Gasteiger partial charge >= 0.3 is 5.97 Å². The molecule has 1 amide bonds. The van der Waals surface area contributed by atoms with Gasteiger partial charge in [0.25, 0.3) is 5.91 Å². The fourth-order valence-electron chi connectivity index (χ4n) is 1.35. The normalized spacial score (nSPS) is 10.7. The molecule has 0 atom stereocenters. The van der Waals surface area contributed by atoms with Crippen LogP contribution < -0.4 is 5.32 Å². The average molecular weight is 285 g/mol. The molecule has 5 nitrogen and oxygen atoms in total. The van der Waals surface area contributed by atoms with E-state index in [4.69, 9.17) is 9.52 Å². The van der Waals surface area contributed by atoms with Gasteiger partial charge in [-0.2, -0.15) is 11.8 Å². The third kappa shape index (κ3) is 5.83. The Kier molecular flexibility index (Phi) is 6.49. The summed E-state index contributed by atoms with van der Waals surface area (Å²) in [5.41, 5.74) is -0.0161. The molecule has 1 aromatic rings. The molecule has 0 saturated heterocycles. The molecule has 1 rings (SSSR count). The van der Waals surface area contributed by atoms with Crippen LogP contribution >= 0.6 is 11.8 Å². The number of nitrogens with one attached hydrogen (secondary N) is 1. The highest BCUT2D eigenvalue weighted by molar-refractivity contribution is 7.99. The minimum Gasteiger partial charge on any atom is -0.478 e. The third-order valence-electron chi connectivity index (χ3n) is 2.27. The van der Waals surface area contributed by atoms with E-state index in [2.05, 4.69) is 19.2 Å². The SMILES string of the molecule is CC(C)CSCCCNC(=O)c1cc(C(=O)O)co1. The fraction of sp³-hybridized carbons (Fsp3) is 0.538. The number of furan rings is 1. The van der Waals surface area contributed by atoms with Gasteiger partial charge in [0.15, 0.2) is 5.76 Å². The molecule has 0 aromatic carbocycles. The summed E-state index contributed by atoms with van der Waals surface area (Å²) in [4.78, 5) is 22.2. The lowest BCUT2D eigenvalue weighted by atomic mass is 10.3. The van der Waals surface area contributed by atoms with Crippen LogP contribution in [0.15, 0.2) is 16.7 Å². The van der Waals surface area contributed by atoms with Gasteiger partial charge in [-0.3, -0.25) is 4.79 Å². The van der Waals surface area contributed by atoms with E-state index in [-0.39, 0.29) is 17.2 Å². The van der Waals surface area contributed by atoms with Crippen molar-refractivity contribution in [2.45, 2.75) is 20.3 Å². The highest BCUT2D eigenvalue weighted by Gasteiger charge is 2.13. The fourth-order valence-corrected chi connectivity index (χ4v) is 2.34. The monoisotopic (exact) mass is 285 g/mol. The van der Waals surface area contributed by atoms with Gasteiger partial charge in [-0.1, -0.05) is 13.8 Å². The van der Waals surface area contributed by atoms with Crippen molar-refractivity contribution in [3.05, 3.63) is 23.7 Å². The van der Waals surface area contributed by atoms with Crippen LogP contribution in [-0.2, 0) is 0 Å². The molecule has 0 aliphatic carbocycles. The van der Waals surface area contributed by atoms with Crippen molar-refractivity contribution in [3.8, 4) is 0 Å². The van der Waals surface area contributed by atoms with Crippen molar-refractivity contribution in [2.75, 3.05) is 18.1 Å². The molecule has 0 aliphatic heterocycles. The summed E-state index contributed by atoms with van der Waals surface area (Å²) >= 11 is 1.86. The Bertz CT molecular complexity index is 428. The Morgan fingerprint density at radius 2 is 2.21 bits per heavy atom. The van der Waals surface area contributed by atoms with Gasteiger partial charge in [-0.15, -0.1) is 0 Å². The summed E-state index contributed by atoms with van der Waals surface area (Å²) in [5, 5.41) is 11.4. The van der Waals surface area contributed by atoms with E-state index < -0.39 is 5.97 Å². The summed E-state index contributed by atoms with van der Waals surface area (Å²) in [6.07, 6.45) is 1.95. The molecule has 1 heterocycles. The molecule has 0 aliphatic rings. The number of thioether (sulfide) groups is 1. The number of amides is 1. The predicted octanol–water partition coefficient (Wildman–Crippen LogP) is 2.49. The second-order valence-corrected chi connectivity index (χ2v) is 5.73. The van der Waals surface area contributed by atoms with E-state index in [0.29, 0.717) is 12.5 Å². The van der Waals surface area contributed by atoms with Gasteiger partial charge in [0.05, 0.1) is 5.56 Å². The molecule has 0 saturated carbocycles. The summed E-state index contributed by atoms with van der Waals surface area (Å²) in [7, 11) is 0. The van der Waals surface area contributed by atoms with E-state index in [1.54, 1.807) is 0 Å². The zero-order valence-corrected chi connectivity index (χ0v) is 12.0. The lowest BCUT2D eigenvalue weighted by Gasteiger charge is -2.05. The van der Waals surface area contributed by atoms with E-state index in [1.165, 1.54) is 6.07 Å². The first-order chi connectivity index (χ1) is 9.00. The zero-order chi connectivity index (χ0) is 14.3. The van der Waals surface area contributed by atoms with Crippen LogP contribution in [0, 0.1) is 5.92 Å². The molecular formula is C13H19NO4S. The van der Waals surface area contributed by atoms with Crippen LogP contribution in [0.2, 0.25) is 0 Å². The number of carboxylic acid groups (broad SMARTS) is 1. The Balaban J connectivity index is 2.22. The van der Waals surface area contributed by atoms with Crippen LogP contribution in [0.5, 0.6) is 0 Å². The van der Waals surface area contributed by atoms with Crippen LogP contribution in [0.4, 0.5) is 0 Å². The van der Waals surface area contributed by atoms with Crippen molar-refractivity contribution >= 4 is 23.6 Å². The minimum atomic E-state index is -1.10. The summed E-state index contributed by atoms with van der Waals surface area (Å²) in [5.74, 6) is 1.35. The third-order valence-corrected chi connectivity index (χ3v) is 3.75. The van der Waals surface area contributed by atoms with E-state index in [0.717, 1.165) is 24.2 Å². The Labute approximate surface area is 116 Å². The molecule has 0 spiro atoms. The smallest absolute Gasteiger partial charge is 0.338 e. The first-order valence-electron chi connectivity index (χ1n) is 6.18. The topological polar surface area (TPSA) is 79.5 Å². The maximum absolute atomic E-state index is 11.6. The van der Waals surface area contributed by atoms with Crippen molar-refractivity contribution in [3.63, 3.8) is 0 Å². The highest BCUT2D eigenvalue weighted by Crippen LogP contribution is 2.09. The van der Waals surface area contributed by atoms with E-state index >= 15 is 0 Å². The van der Waals surface area contributed by atoms with Crippen molar-refractivity contribution in [2.24, 2.45) is 5.92 Å². The average Bonchev–Trinajstić information content (AvgIpc) is 2.82. The van der Waals surface area contributed by atoms with Gasteiger partial charge in [0.2, 0.25) is 0 Å². The molecule has 0 radical (unpaired) electrons. The number of carbonyl (C=O) groups is 2. The first kappa shape index (κ1) is 15.6. The maximum atomic E-state index is 11.6. The van der Waals surface area contributed by atoms with Gasteiger partial charge in [-0.25, -0.2) is 4.79 Å². The zero-order valence-electron chi connectivity index (χ0n) is 11.1. The van der Waals surface area contributed by atoms with Crippen LogP contribution in [0.25, 0.3) is 0 Å². The van der Waals surface area contributed by atoms with Crippen LogP contribution in [-0.4, -0.2) is 35.0 Å². The van der Waals surface area contributed by atoms with Crippen molar-refractivity contribution in [1.82, 2.24) is 5.32 Å². The molecule has 6 heteroatoms. The molecular weight excluding hydrogens is 266 g/mol. The molecule has 1 aromatic heterocycles. The van der Waals surface area contributed by atoms with Gasteiger partial charge in [0.1, 0.15) is 6.26 Å². The van der Waals surface area contributed by atoms with Crippen LogP contribution in [0.3, 0.4) is 0 Å². The highest BCUT2D eigenvalue weighted by atomic mass is 32.2.